The first kappa shape index (κ1) is 43.8. The molecule has 12 rings (SSSR count). The first-order valence-electron chi connectivity index (χ1n) is 25.8. The number of benzene rings is 8. The lowest BCUT2D eigenvalue weighted by atomic mass is 9.67. The highest BCUT2D eigenvalue weighted by molar-refractivity contribution is 5.98. The van der Waals surface area contributed by atoms with Crippen molar-refractivity contribution >= 4 is 29.0 Å². The van der Waals surface area contributed by atoms with Gasteiger partial charge in [-0.2, -0.15) is 0 Å². The summed E-state index contributed by atoms with van der Waals surface area (Å²) in [5.41, 5.74) is 22.2. The molecule has 4 aliphatic carbocycles. The summed E-state index contributed by atoms with van der Waals surface area (Å²) >= 11 is 0. The van der Waals surface area contributed by atoms with Crippen LogP contribution in [0.2, 0.25) is 0 Å². The van der Waals surface area contributed by atoms with Crippen molar-refractivity contribution in [2.45, 2.75) is 75.8 Å². The minimum Gasteiger partial charge on any atom is -0.358 e. The van der Waals surface area contributed by atoms with Gasteiger partial charge >= 0.3 is 0 Å². The molecule has 0 aromatic heterocycles. The van der Waals surface area contributed by atoms with E-state index in [9.17, 15) is 0 Å². The molecule has 3 unspecified atom stereocenters. The van der Waals surface area contributed by atoms with E-state index in [-0.39, 0.29) is 11.5 Å². The summed E-state index contributed by atoms with van der Waals surface area (Å²) in [4.78, 5) is 2.78. The topological polar surface area (TPSA) is 3.24 Å². The van der Waals surface area contributed by atoms with Crippen molar-refractivity contribution in [3.8, 4) is 22.3 Å². The Morgan fingerprint density at radius 3 is 1.83 bits per heavy atom. The third-order valence-electron chi connectivity index (χ3n) is 16.5. The van der Waals surface area contributed by atoms with E-state index in [0.29, 0.717) is 12.0 Å². The van der Waals surface area contributed by atoms with Gasteiger partial charge in [-0.15, -0.1) is 0 Å². The predicted octanol–water partition coefficient (Wildman–Crippen LogP) is 17.4. The molecule has 70 heavy (non-hydrogen) atoms. The second-order valence-electron chi connectivity index (χ2n) is 20.2. The summed E-state index contributed by atoms with van der Waals surface area (Å²) in [6.45, 7) is 7.23. The maximum atomic E-state index is 2.78. The monoisotopic (exact) mass is 903 g/mol. The third-order valence-corrected chi connectivity index (χ3v) is 16.5. The molecule has 8 aromatic carbocycles. The van der Waals surface area contributed by atoms with Crippen LogP contribution >= 0.6 is 0 Å². The van der Waals surface area contributed by atoms with Crippen molar-refractivity contribution in [3.63, 3.8) is 0 Å². The average Bonchev–Trinajstić information content (AvgIpc) is 3.89. The molecule has 0 bridgehead atoms. The van der Waals surface area contributed by atoms with Crippen LogP contribution in [0.25, 0.3) is 45.6 Å². The smallest absolute Gasteiger partial charge is 0.0713 e. The summed E-state index contributed by atoms with van der Waals surface area (Å²) in [5.74, 6) is 0.631. The Kier molecular flexibility index (Phi) is 11.3. The number of hydrogen-bond donors (Lipinski definition) is 0. The van der Waals surface area contributed by atoms with Crippen LogP contribution in [0, 0.1) is 5.92 Å². The van der Waals surface area contributed by atoms with Crippen molar-refractivity contribution in [3.05, 3.63) is 280 Å². The van der Waals surface area contributed by atoms with Crippen molar-refractivity contribution in [1.29, 1.82) is 0 Å². The van der Waals surface area contributed by atoms with Gasteiger partial charge < -0.3 is 4.90 Å². The van der Waals surface area contributed by atoms with Gasteiger partial charge in [-0.05, 0) is 139 Å². The number of rotatable bonds is 11. The fraction of sp³-hybridized carbons (Fsp3) is 0.188. The van der Waals surface area contributed by atoms with E-state index in [2.05, 4.69) is 262 Å². The van der Waals surface area contributed by atoms with Gasteiger partial charge in [0.05, 0.1) is 11.5 Å². The van der Waals surface area contributed by atoms with Crippen molar-refractivity contribution in [2.75, 3.05) is 4.90 Å². The summed E-state index contributed by atoms with van der Waals surface area (Å²) in [6, 6.07) is 75.6. The molecule has 342 valence electrons. The van der Waals surface area contributed by atoms with E-state index in [4.69, 9.17) is 0 Å². The van der Waals surface area contributed by atoms with Gasteiger partial charge in [-0.1, -0.05) is 245 Å². The maximum Gasteiger partial charge on any atom is 0.0713 e. The van der Waals surface area contributed by atoms with E-state index in [0.717, 1.165) is 32.1 Å². The second-order valence-corrected chi connectivity index (χ2v) is 20.2. The summed E-state index contributed by atoms with van der Waals surface area (Å²) in [5, 5.41) is 0. The number of hydrogen-bond acceptors (Lipinski definition) is 1. The van der Waals surface area contributed by atoms with Crippen molar-refractivity contribution in [2.24, 2.45) is 5.92 Å². The molecular formula is C69H61N. The fourth-order valence-electron chi connectivity index (χ4n) is 13.2. The first-order valence-corrected chi connectivity index (χ1v) is 25.8. The summed E-state index contributed by atoms with van der Waals surface area (Å²) < 4.78 is 0. The fourth-order valence-corrected chi connectivity index (χ4v) is 13.2. The average molecular weight is 904 g/mol. The number of nitrogens with zero attached hydrogens (tertiary/aromatic N) is 1. The van der Waals surface area contributed by atoms with Gasteiger partial charge in [-0.3, -0.25) is 0 Å². The quantitative estimate of drug-likeness (QED) is 0.0923. The van der Waals surface area contributed by atoms with Crippen LogP contribution < -0.4 is 4.90 Å². The lowest BCUT2D eigenvalue weighted by Crippen LogP contribution is -2.44. The lowest BCUT2D eigenvalue weighted by molar-refractivity contribution is 0.452. The number of anilines is 1. The molecule has 0 fully saturated rings. The molecule has 8 aromatic rings. The zero-order valence-corrected chi connectivity index (χ0v) is 40.7. The van der Waals surface area contributed by atoms with Crippen LogP contribution in [0.3, 0.4) is 0 Å². The van der Waals surface area contributed by atoms with Crippen LogP contribution in [-0.4, -0.2) is 12.1 Å². The first-order chi connectivity index (χ1) is 34.5. The molecular weight excluding hydrogens is 843 g/mol. The Labute approximate surface area is 415 Å². The standard InChI is InChI=1S/C69H61N/c1-4-68(5-2)65-45-49(36-38-52-27-21-35-64-67(52)61-33-18-19-34-63(61)69(64,53-28-14-8-15-29-53)54-30-16-9-17-31-54)37-41-59(65)60-43-40-57(47-66(60)68)70(55-32-20-22-48(3)44-55)56-39-42-58(50-23-10-6-11-24-50)62(46-56)51-25-12-7-13-26-51/h6-21,23-43,45,47-48,55-56H,4-5,22,44,46H2,1-3H3/b38-36+. The Morgan fingerprint density at radius 2 is 1.14 bits per heavy atom. The number of fused-ring (bicyclic) bond motifs is 6. The van der Waals surface area contributed by atoms with E-state index in [1.165, 1.54) is 94.7 Å². The lowest BCUT2D eigenvalue weighted by Gasteiger charge is -2.42. The zero-order chi connectivity index (χ0) is 47.2. The molecule has 0 radical (unpaired) electrons. The van der Waals surface area contributed by atoms with Gasteiger partial charge in [0.1, 0.15) is 0 Å². The molecule has 0 saturated heterocycles. The Morgan fingerprint density at radius 1 is 0.529 bits per heavy atom. The minimum atomic E-state index is -0.418. The van der Waals surface area contributed by atoms with Crippen LogP contribution in [0.15, 0.2) is 224 Å². The van der Waals surface area contributed by atoms with Gasteiger partial charge in [-0.25, -0.2) is 0 Å². The van der Waals surface area contributed by atoms with E-state index in [1.54, 1.807) is 0 Å². The van der Waals surface area contributed by atoms with Crippen molar-refractivity contribution in [1.82, 2.24) is 0 Å². The number of allylic oxidation sites excluding steroid dienone is 3. The predicted molar refractivity (Wildman–Crippen MR) is 297 cm³/mol. The molecule has 0 N–H and O–H groups in total. The van der Waals surface area contributed by atoms with Crippen LogP contribution in [0.4, 0.5) is 5.69 Å². The van der Waals surface area contributed by atoms with Crippen molar-refractivity contribution < 1.29 is 0 Å². The third kappa shape index (κ3) is 7.12. The molecule has 0 amide bonds. The SMILES string of the molecule is CCC1(CC)c2cc(/C=C/c3cccc4c3-c3ccccc3C4(c3ccccc3)c3ccccc3)ccc2-c2ccc(N(C3C=CC(c4ccccc4)=C(c4ccccc4)C3)C3C=CCC(C)C3)cc21. The van der Waals surface area contributed by atoms with E-state index < -0.39 is 5.41 Å². The van der Waals surface area contributed by atoms with Gasteiger partial charge in [0.25, 0.3) is 0 Å². The van der Waals surface area contributed by atoms with Gasteiger partial charge in [0.15, 0.2) is 0 Å². The molecule has 0 saturated carbocycles. The molecule has 0 aliphatic heterocycles. The van der Waals surface area contributed by atoms with Crippen LogP contribution in [0.1, 0.15) is 109 Å². The van der Waals surface area contributed by atoms with E-state index >= 15 is 0 Å². The van der Waals surface area contributed by atoms with E-state index in [1.807, 2.05) is 0 Å². The molecule has 3 atom stereocenters. The van der Waals surface area contributed by atoms with Crippen LogP contribution in [0.5, 0.6) is 0 Å². The summed E-state index contributed by atoms with van der Waals surface area (Å²) in [7, 11) is 0. The van der Waals surface area contributed by atoms with Crippen LogP contribution in [-0.2, 0) is 10.8 Å². The highest BCUT2D eigenvalue weighted by atomic mass is 15.2. The largest absolute Gasteiger partial charge is 0.358 e. The zero-order valence-electron chi connectivity index (χ0n) is 40.7. The van der Waals surface area contributed by atoms with Gasteiger partial charge in [0, 0.05) is 17.1 Å². The maximum absolute atomic E-state index is 2.78. The summed E-state index contributed by atoms with van der Waals surface area (Å²) in [6.07, 6.45) is 19.9. The normalized spacial score (nSPS) is 19.2. The molecule has 1 heteroatoms. The molecule has 0 heterocycles. The second kappa shape index (κ2) is 18.1. The minimum absolute atomic E-state index is 0.0955. The highest BCUT2D eigenvalue weighted by Gasteiger charge is 2.47. The van der Waals surface area contributed by atoms with Gasteiger partial charge in [0.2, 0.25) is 0 Å². The Bertz CT molecular complexity index is 3290. The Hall–Kier alpha value is -7.48. The molecule has 1 nitrogen and oxygen atoms in total. The molecule has 4 aliphatic rings. The Balaban J connectivity index is 0.925. The highest BCUT2D eigenvalue weighted by Crippen LogP contribution is 2.58. The molecule has 0 spiro atoms.